The lowest BCUT2D eigenvalue weighted by Crippen LogP contribution is -2.31. The van der Waals surface area contributed by atoms with Crippen LogP contribution in [0, 0.1) is 0 Å². The van der Waals surface area contributed by atoms with E-state index in [4.69, 9.17) is 9.15 Å². The second-order valence-corrected chi connectivity index (χ2v) is 8.26. The number of nitrogens with zero attached hydrogens (tertiary/aromatic N) is 2. The third-order valence-corrected chi connectivity index (χ3v) is 5.38. The van der Waals surface area contributed by atoms with Gasteiger partial charge in [0.05, 0.1) is 18.1 Å². The topological polar surface area (TPSA) is 140 Å². The highest BCUT2D eigenvalue weighted by Gasteiger charge is 2.13. The zero-order valence-corrected chi connectivity index (χ0v) is 16.9. The van der Waals surface area contributed by atoms with Crippen molar-refractivity contribution in [3.05, 3.63) is 24.3 Å². The lowest BCUT2D eigenvalue weighted by atomic mass is 10.2. The summed E-state index contributed by atoms with van der Waals surface area (Å²) < 4.78 is 35.7. The zero-order chi connectivity index (χ0) is 20.6. The minimum Gasteiger partial charge on any atom is -0.465 e. The summed E-state index contributed by atoms with van der Waals surface area (Å²) in [6.07, 6.45) is 0. The molecule has 10 nitrogen and oxygen atoms in total. The second kappa shape index (κ2) is 10.1. The minimum atomic E-state index is -3.35. The SMILES string of the molecule is CCOC(=O)CNC(=O)CSc1nnc(-c2ccc(NS(=O)(=O)CC)cc2)o1. The molecule has 0 aliphatic rings. The molecule has 0 aliphatic carbocycles. The predicted octanol–water partition coefficient (Wildman–Crippen LogP) is 1.27. The standard InChI is InChI=1S/C16H20N4O6S2/c1-3-25-14(22)9-17-13(21)10-27-16-19-18-15(26-16)11-5-7-12(8-6-11)20-28(23,24)4-2/h5-8,20H,3-4,9-10H2,1-2H3,(H,17,21). The van der Waals surface area contributed by atoms with Crippen LogP contribution in [0.2, 0.25) is 0 Å². The Hall–Kier alpha value is -2.60. The Morgan fingerprint density at radius 3 is 2.54 bits per heavy atom. The third kappa shape index (κ3) is 6.85. The van der Waals surface area contributed by atoms with Crippen LogP contribution >= 0.6 is 11.8 Å². The fourth-order valence-electron chi connectivity index (χ4n) is 1.88. The average molecular weight is 428 g/mol. The molecule has 0 fully saturated rings. The van der Waals surface area contributed by atoms with Crippen LogP contribution in [0.15, 0.2) is 33.9 Å². The molecule has 0 bridgehead atoms. The van der Waals surface area contributed by atoms with Crippen molar-refractivity contribution in [1.29, 1.82) is 0 Å². The van der Waals surface area contributed by atoms with Gasteiger partial charge < -0.3 is 14.5 Å². The van der Waals surface area contributed by atoms with E-state index in [1.165, 1.54) is 0 Å². The number of thioether (sulfide) groups is 1. The van der Waals surface area contributed by atoms with E-state index in [2.05, 4.69) is 20.2 Å². The van der Waals surface area contributed by atoms with Crippen LogP contribution in [-0.4, -0.2) is 55.1 Å². The summed E-state index contributed by atoms with van der Waals surface area (Å²) in [7, 11) is -3.35. The lowest BCUT2D eigenvalue weighted by molar-refractivity contribution is -0.143. The number of hydrogen-bond donors (Lipinski definition) is 2. The quantitative estimate of drug-likeness (QED) is 0.423. The molecule has 1 amide bonds. The van der Waals surface area contributed by atoms with E-state index in [-0.39, 0.29) is 41.7 Å². The summed E-state index contributed by atoms with van der Waals surface area (Å²) in [5.74, 6) is -0.666. The number of amides is 1. The van der Waals surface area contributed by atoms with E-state index >= 15 is 0 Å². The van der Waals surface area contributed by atoms with E-state index in [1.54, 1.807) is 38.1 Å². The maximum Gasteiger partial charge on any atom is 0.325 e. The van der Waals surface area contributed by atoms with Gasteiger partial charge in [-0.1, -0.05) is 11.8 Å². The normalized spacial score (nSPS) is 11.1. The number of esters is 1. The van der Waals surface area contributed by atoms with Crippen LogP contribution in [0.5, 0.6) is 0 Å². The van der Waals surface area contributed by atoms with Gasteiger partial charge in [0.2, 0.25) is 21.8 Å². The van der Waals surface area contributed by atoms with Gasteiger partial charge in [0.15, 0.2) is 0 Å². The van der Waals surface area contributed by atoms with Crippen molar-refractivity contribution in [2.75, 3.05) is 29.4 Å². The van der Waals surface area contributed by atoms with Crippen LogP contribution in [0.4, 0.5) is 5.69 Å². The van der Waals surface area contributed by atoms with Crippen molar-refractivity contribution >= 4 is 39.3 Å². The van der Waals surface area contributed by atoms with Gasteiger partial charge >= 0.3 is 5.97 Å². The minimum absolute atomic E-state index is 0.00122. The summed E-state index contributed by atoms with van der Waals surface area (Å²) in [6.45, 7) is 3.28. The molecule has 2 rings (SSSR count). The number of anilines is 1. The van der Waals surface area contributed by atoms with Crippen molar-refractivity contribution < 1.29 is 27.2 Å². The molecule has 152 valence electrons. The van der Waals surface area contributed by atoms with Crippen molar-refractivity contribution in [2.45, 2.75) is 19.1 Å². The molecule has 1 aromatic carbocycles. The maximum absolute atomic E-state index is 11.7. The monoisotopic (exact) mass is 428 g/mol. The summed E-state index contributed by atoms with van der Waals surface area (Å²) in [4.78, 5) is 22.9. The Kier molecular flexibility index (Phi) is 7.81. The van der Waals surface area contributed by atoms with E-state index in [0.717, 1.165) is 11.8 Å². The van der Waals surface area contributed by atoms with Crippen LogP contribution in [-0.2, 0) is 24.3 Å². The van der Waals surface area contributed by atoms with Gasteiger partial charge in [-0.2, -0.15) is 0 Å². The fraction of sp³-hybridized carbons (Fsp3) is 0.375. The van der Waals surface area contributed by atoms with Crippen LogP contribution < -0.4 is 10.0 Å². The Bertz CT molecular complexity index is 911. The van der Waals surface area contributed by atoms with Crippen LogP contribution in [0.3, 0.4) is 0 Å². The third-order valence-electron chi connectivity index (χ3n) is 3.25. The molecule has 1 aromatic heterocycles. The van der Waals surface area contributed by atoms with Gasteiger partial charge in [0.1, 0.15) is 6.54 Å². The van der Waals surface area contributed by atoms with Gasteiger partial charge in [-0.05, 0) is 38.1 Å². The molecule has 0 aliphatic heterocycles. The average Bonchev–Trinajstić information content (AvgIpc) is 3.14. The smallest absolute Gasteiger partial charge is 0.325 e. The number of rotatable bonds is 10. The molecule has 0 saturated carbocycles. The highest BCUT2D eigenvalue weighted by Crippen LogP contribution is 2.24. The van der Waals surface area contributed by atoms with E-state index in [1.807, 2.05) is 0 Å². The largest absolute Gasteiger partial charge is 0.465 e. The molecule has 0 saturated heterocycles. The van der Waals surface area contributed by atoms with Crippen molar-refractivity contribution in [2.24, 2.45) is 0 Å². The molecular formula is C16H20N4O6S2. The van der Waals surface area contributed by atoms with E-state index < -0.39 is 16.0 Å². The first-order chi connectivity index (χ1) is 13.3. The molecule has 0 radical (unpaired) electrons. The van der Waals surface area contributed by atoms with Gasteiger partial charge in [-0.25, -0.2) is 8.42 Å². The first-order valence-electron chi connectivity index (χ1n) is 8.32. The molecule has 0 atom stereocenters. The molecule has 2 N–H and O–H groups in total. The lowest BCUT2D eigenvalue weighted by Gasteiger charge is -2.05. The number of ether oxygens (including phenoxy) is 1. The van der Waals surface area contributed by atoms with Gasteiger partial charge in [-0.3, -0.25) is 14.3 Å². The Morgan fingerprint density at radius 1 is 1.18 bits per heavy atom. The van der Waals surface area contributed by atoms with Crippen LogP contribution in [0.25, 0.3) is 11.5 Å². The number of hydrogen-bond acceptors (Lipinski definition) is 9. The van der Waals surface area contributed by atoms with Gasteiger partial charge in [0, 0.05) is 11.3 Å². The number of aromatic nitrogens is 2. The molecule has 0 spiro atoms. The summed E-state index contributed by atoms with van der Waals surface area (Å²) in [5.41, 5.74) is 1.03. The van der Waals surface area contributed by atoms with Crippen molar-refractivity contribution in [1.82, 2.24) is 15.5 Å². The summed E-state index contributed by atoms with van der Waals surface area (Å²) in [6, 6.07) is 6.45. The number of carbonyl (C=O) groups excluding carboxylic acids is 2. The van der Waals surface area contributed by atoms with Gasteiger partial charge in [0.25, 0.3) is 5.22 Å². The molecule has 1 heterocycles. The van der Waals surface area contributed by atoms with Gasteiger partial charge in [-0.15, -0.1) is 10.2 Å². The number of sulfonamides is 1. The number of nitrogens with one attached hydrogen (secondary N) is 2. The highest BCUT2D eigenvalue weighted by atomic mass is 32.2. The fourth-order valence-corrected chi connectivity index (χ4v) is 3.11. The first kappa shape index (κ1) is 21.7. The number of benzene rings is 1. The second-order valence-electron chi connectivity index (χ2n) is 5.33. The molecule has 2 aromatic rings. The van der Waals surface area contributed by atoms with Crippen molar-refractivity contribution in [3.8, 4) is 11.5 Å². The zero-order valence-electron chi connectivity index (χ0n) is 15.3. The van der Waals surface area contributed by atoms with E-state index in [9.17, 15) is 18.0 Å². The molecule has 12 heteroatoms. The molecule has 28 heavy (non-hydrogen) atoms. The van der Waals surface area contributed by atoms with Crippen LogP contribution in [0.1, 0.15) is 13.8 Å². The molecular weight excluding hydrogens is 408 g/mol. The Morgan fingerprint density at radius 2 is 1.89 bits per heavy atom. The summed E-state index contributed by atoms with van der Waals surface area (Å²) >= 11 is 1.03. The predicted molar refractivity (Wildman–Crippen MR) is 103 cm³/mol. The Balaban J connectivity index is 1.88. The van der Waals surface area contributed by atoms with E-state index in [0.29, 0.717) is 11.3 Å². The highest BCUT2D eigenvalue weighted by molar-refractivity contribution is 7.99. The van der Waals surface area contributed by atoms with Crippen molar-refractivity contribution in [3.63, 3.8) is 0 Å². The Labute approximate surface area is 166 Å². The first-order valence-corrected chi connectivity index (χ1v) is 11.0. The maximum atomic E-state index is 11.7. The molecule has 0 unspecified atom stereocenters. The summed E-state index contributed by atoms with van der Waals surface area (Å²) in [5, 5.41) is 10.4. The number of carbonyl (C=O) groups is 2.